The van der Waals surface area contributed by atoms with Gasteiger partial charge in [-0.1, -0.05) is 0 Å². The smallest absolute Gasteiger partial charge is 0.321 e. The molecule has 1 saturated heterocycles. The van der Waals surface area contributed by atoms with Crippen LogP contribution in [0.25, 0.3) is 0 Å². The molecule has 0 aromatic carbocycles. The van der Waals surface area contributed by atoms with Crippen molar-refractivity contribution in [3.8, 4) is 0 Å². The van der Waals surface area contributed by atoms with Crippen LogP contribution in [0.1, 0.15) is 16.9 Å². The molecule has 108 valence electrons. The largest absolute Gasteiger partial charge is 0.364 e. The molecule has 1 aliphatic rings. The Bertz CT molecular complexity index is 492. The van der Waals surface area contributed by atoms with Gasteiger partial charge in [-0.15, -0.1) is 0 Å². The minimum atomic E-state index is -0.581. The van der Waals surface area contributed by atoms with Crippen LogP contribution in [0, 0.1) is 5.92 Å². The highest BCUT2D eigenvalue weighted by molar-refractivity contribution is 7.98. The first-order chi connectivity index (χ1) is 9.60. The number of nitrogens with one attached hydrogen (secondary N) is 1. The van der Waals surface area contributed by atoms with Gasteiger partial charge in [0.2, 0.25) is 0 Å². The number of anilines is 1. The molecular weight excluding hydrogens is 276 g/mol. The summed E-state index contributed by atoms with van der Waals surface area (Å²) in [6, 6.07) is 3.00. The molecule has 1 fully saturated rings. The van der Waals surface area contributed by atoms with E-state index in [0.29, 0.717) is 11.6 Å². The molecule has 1 aromatic rings. The molecule has 1 aliphatic heterocycles. The van der Waals surface area contributed by atoms with Gasteiger partial charge in [0.05, 0.1) is 11.9 Å². The Morgan fingerprint density at radius 1 is 1.55 bits per heavy atom. The molecule has 6 nitrogen and oxygen atoms in total. The van der Waals surface area contributed by atoms with E-state index in [4.69, 9.17) is 5.73 Å². The minimum Gasteiger partial charge on any atom is -0.364 e. The zero-order valence-electron chi connectivity index (χ0n) is 11.3. The summed E-state index contributed by atoms with van der Waals surface area (Å²) in [6.07, 6.45) is 4.56. The summed E-state index contributed by atoms with van der Waals surface area (Å²) >= 11 is 1.81. The number of carbonyl (C=O) groups is 2. The molecule has 7 heteroatoms. The van der Waals surface area contributed by atoms with E-state index >= 15 is 0 Å². The standard InChI is InChI=1S/C13H18N4O2S/c1-20-8-9-4-5-17(7-9)13(19)16-10-2-3-11(12(14)18)15-6-10/h2-3,6,9H,4-5,7-8H2,1H3,(H2,14,18)(H,16,19)/t9-/m0/s1. The van der Waals surface area contributed by atoms with Crippen molar-refractivity contribution in [2.24, 2.45) is 11.7 Å². The van der Waals surface area contributed by atoms with Crippen LogP contribution in [0.4, 0.5) is 10.5 Å². The average Bonchev–Trinajstić information content (AvgIpc) is 2.88. The predicted octanol–water partition coefficient (Wildman–Crippen LogP) is 1.40. The molecule has 1 aromatic heterocycles. The molecule has 0 spiro atoms. The van der Waals surface area contributed by atoms with E-state index in [0.717, 1.165) is 25.3 Å². The van der Waals surface area contributed by atoms with Gasteiger partial charge in [-0.05, 0) is 36.5 Å². The molecule has 3 N–H and O–H groups in total. The lowest BCUT2D eigenvalue weighted by atomic mass is 10.2. The normalized spacial score (nSPS) is 18.1. The maximum atomic E-state index is 12.1. The number of amides is 3. The van der Waals surface area contributed by atoms with Gasteiger partial charge in [0.25, 0.3) is 5.91 Å². The summed E-state index contributed by atoms with van der Waals surface area (Å²) in [5, 5.41) is 2.78. The zero-order valence-corrected chi connectivity index (χ0v) is 12.2. The summed E-state index contributed by atoms with van der Waals surface area (Å²) in [6.45, 7) is 1.57. The van der Waals surface area contributed by atoms with Crippen molar-refractivity contribution in [1.29, 1.82) is 0 Å². The van der Waals surface area contributed by atoms with Crippen molar-refractivity contribution < 1.29 is 9.59 Å². The van der Waals surface area contributed by atoms with Crippen LogP contribution in [0.2, 0.25) is 0 Å². The van der Waals surface area contributed by atoms with E-state index in [9.17, 15) is 9.59 Å². The summed E-state index contributed by atoms with van der Waals surface area (Å²) < 4.78 is 0. The average molecular weight is 294 g/mol. The summed E-state index contributed by atoms with van der Waals surface area (Å²) in [5.41, 5.74) is 5.86. The number of nitrogens with two attached hydrogens (primary N) is 1. The number of hydrogen-bond acceptors (Lipinski definition) is 4. The molecule has 3 amide bonds. The van der Waals surface area contributed by atoms with Crippen molar-refractivity contribution in [3.63, 3.8) is 0 Å². The second-order valence-electron chi connectivity index (χ2n) is 4.78. The van der Waals surface area contributed by atoms with Crippen molar-refractivity contribution in [1.82, 2.24) is 9.88 Å². The molecular formula is C13H18N4O2S. The molecule has 0 saturated carbocycles. The number of pyridine rings is 1. The maximum absolute atomic E-state index is 12.1. The fourth-order valence-electron chi connectivity index (χ4n) is 2.20. The van der Waals surface area contributed by atoms with Gasteiger partial charge in [-0.3, -0.25) is 4.79 Å². The highest BCUT2D eigenvalue weighted by atomic mass is 32.2. The molecule has 1 atom stereocenters. The molecule has 0 radical (unpaired) electrons. The second kappa shape index (κ2) is 6.60. The monoisotopic (exact) mass is 294 g/mol. The van der Waals surface area contributed by atoms with Crippen LogP contribution in [0.3, 0.4) is 0 Å². The number of urea groups is 1. The van der Waals surface area contributed by atoms with Crippen LogP contribution < -0.4 is 11.1 Å². The molecule has 2 rings (SSSR count). The fraction of sp³-hybridized carbons (Fsp3) is 0.462. The molecule has 2 heterocycles. The molecule has 0 aliphatic carbocycles. The van der Waals surface area contributed by atoms with Crippen LogP contribution in [0.5, 0.6) is 0 Å². The number of rotatable bonds is 4. The third-order valence-corrected chi connectivity index (χ3v) is 4.05. The third-order valence-electron chi connectivity index (χ3n) is 3.24. The van der Waals surface area contributed by atoms with E-state index in [1.807, 2.05) is 16.7 Å². The van der Waals surface area contributed by atoms with Crippen LogP contribution in [-0.2, 0) is 0 Å². The fourth-order valence-corrected chi connectivity index (χ4v) is 2.95. The Morgan fingerprint density at radius 3 is 2.95 bits per heavy atom. The number of thioether (sulfide) groups is 1. The van der Waals surface area contributed by atoms with Gasteiger partial charge in [0.1, 0.15) is 5.69 Å². The van der Waals surface area contributed by atoms with Gasteiger partial charge in [0, 0.05) is 13.1 Å². The Hall–Kier alpha value is -1.76. The van der Waals surface area contributed by atoms with E-state index < -0.39 is 5.91 Å². The first-order valence-corrected chi connectivity index (χ1v) is 7.80. The molecule has 20 heavy (non-hydrogen) atoms. The van der Waals surface area contributed by atoms with Crippen LogP contribution >= 0.6 is 11.8 Å². The Kier molecular flexibility index (Phi) is 4.84. The summed E-state index contributed by atoms with van der Waals surface area (Å²) in [5.74, 6) is 1.08. The Balaban J connectivity index is 1.90. The van der Waals surface area contributed by atoms with Crippen molar-refractivity contribution in [3.05, 3.63) is 24.0 Å². The lowest BCUT2D eigenvalue weighted by Gasteiger charge is -2.17. The van der Waals surface area contributed by atoms with Crippen molar-refractivity contribution >= 4 is 29.4 Å². The van der Waals surface area contributed by atoms with Gasteiger partial charge in [-0.25, -0.2) is 9.78 Å². The van der Waals surface area contributed by atoms with Crippen LogP contribution in [-0.4, -0.2) is 46.9 Å². The Morgan fingerprint density at radius 2 is 2.35 bits per heavy atom. The van der Waals surface area contributed by atoms with Gasteiger partial charge in [-0.2, -0.15) is 11.8 Å². The highest BCUT2D eigenvalue weighted by Gasteiger charge is 2.25. The second-order valence-corrected chi connectivity index (χ2v) is 5.69. The summed E-state index contributed by atoms with van der Waals surface area (Å²) in [7, 11) is 0. The van der Waals surface area contributed by atoms with E-state index in [1.165, 1.54) is 12.3 Å². The highest BCUT2D eigenvalue weighted by Crippen LogP contribution is 2.20. The first-order valence-electron chi connectivity index (χ1n) is 6.41. The van der Waals surface area contributed by atoms with E-state index in [2.05, 4.69) is 16.6 Å². The van der Waals surface area contributed by atoms with E-state index in [-0.39, 0.29) is 11.7 Å². The first kappa shape index (κ1) is 14.6. The van der Waals surface area contributed by atoms with Gasteiger partial charge >= 0.3 is 6.03 Å². The van der Waals surface area contributed by atoms with Crippen LogP contribution in [0.15, 0.2) is 18.3 Å². The SMILES string of the molecule is CSC[C@H]1CCN(C(=O)Nc2ccc(C(N)=O)nc2)C1. The molecule has 0 unspecified atom stereocenters. The number of aromatic nitrogens is 1. The van der Waals surface area contributed by atoms with Crippen molar-refractivity contribution in [2.45, 2.75) is 6.42 Å². The van der Waals surface area contributed by atoms with Gasteiger partial charge < -0.3 is 16.0 Å². The number of likely N-dealkylation sites (tertiary alicyclic amines) is 1. The number of primary amides is 1. The Labute approximate surface area is 122 Å². The number of hydrogen-bond donors (Lipinski definition) is 2. The molecule has 0 bridgehead atoms. The predicted molar refractivity (Wildman–Crippen MR) is 79.8 cm³/mol. The lowest BCUT2D eigenvalue weighted by Crippen LogP contribution is -2.33. The number of carbonyl (C=O) groups excluding carboxylic acids is 2. The summed E-state index contributed by atoms with van der Waals surface area (Å²) in [4.78, 5) is 28.7. The zero-order chi connectivity index (χ0) is 14.5. The lowest BCUT2D eigenvalue weighted by molar-refractivity contribution is 0.0995. The quantitative estimate of drug-likeness (QED) is 0.878. The number of nitrogens with zero attached hydrogens (tertiary/aromatic N) is 2. The van der Waals surface area contributed by atoms with Crippen molar-refractivity contribution in [2.75, 3.05) is 30.4 Å². The van der Waals surface area contributed by atoms with Gasteiger partial charge in [0.15, 0.2) is 0 Å². The van der Waals surface area contributed by atoms with E-state index in [1.54, 1.807) is 6.07 Å². The minimum absolute atomic E-state index is 0.123. The third kappa shape index (κ3) is 3.63. The maximum Gasteiger partial charge on any atom is 0.321 e. The topological polar surface area (TPSA) is 88.3 Å².